The molecule has 1 aromatic carbocycles. The maximum atomic E-state index is 11.4. The largest absolute Gasteiger partial charge is 0.355 e. The van der Waals surface area contributed by atoms with E-state index in [2.05, 4.69) is 30.3 Å². The minimum absolute atomic E-state index is 0.0681. The van der Waals surface area contributed by atoms with Crippen molar-refractivity contribution in [2.24, 2.45) is 0 Å². The molecule has 0 heterocycles. The molecule has 16 heavy (non-hydrogen) atoms. The molecule has 2 heteroatoms. The van der Waals surface area contributed by atoms with E-state index in [0.717, 1.165) is 6.42 Å². The Kier molecular flexibility index (Phi) is 5.15. The lowest BCUT2D eigenvalue weighted by Crippen LogP contribution is -2.24. The smallest absolute Gasteiger partial charge is 0.220 e. The lowest BCUT2D eigenvalue weighted by Gasteiger charge is -2.05. The molecule has 0 unspecified atom stereocenters. The summed E-state index contributed by atoms with van der Waals surface area (Å²) in [6, 6.07) is 8.13. The van der Waals surface area contributed by atoms with E-state index in [-0.39, 0.29) is 5.91 Å². The fourth-order valence-corrected chi connectivity index (χ4v) is 1.50. The summed E-state index contributed by atoms with van der Waals surface area (Å²) in [6.07, 6.45) is 7.00. The monoisotopic (exact) mass is 215 g/mol. The summed E-state index contributed by atoms with van der Waals surface area (Å²) in [4.78, 5) is 11.4. The highest BCUT2D eigenvalue weighted by Gasteiger charge is 2.02. The van der Waals surface area contributed by atoms with Crippen molar-refractivity contribution in [3.05, 3.63) is 35.4 Å². The molecule has 0 spiro atoms. The Morgan fingerprint density at radius 1 is 1.44 bits per heavy atom. The summed E-state index contributed by atoms with van der Waals surface area (Å²) in [5.74, 6) is 2.56. The highest BCUT2D eigenvalue weighted by atomic mass is 16.1. The molecule has 0 aliphatic heterocycles. The van der Waals surface area contributed by atoms with Crippen LogP contribution >= 0.6 is 0 Å². The van der Waals surface area contributed by atoms with Gasteiger partial charge in [0.25, 0.3) is 0 Å². The van der Waals surface area contributed by atoms with Gasteiger partial charge >= 0.3 is 0 Å². The van der Waals surface area contributed by atoms with Crippen LogP contribution in [-0.4, -0.2) is 12.5 Å². The van der Waals surface area contributed by atoms with Gasteiger partial charge in [-0.3, -0.25) is 4.79 Å². The second-order valence-electron chi connectivity index (χ2n) is 3.73. The Hall–Kier alpha value is -1.75. The van der Waals surface area contributed by atoms with E-state index >= 15 is 0 Å². The van der Waals surface area contributed by atoms with E-state index in [9.17, 15) is 4.79 Å². The van der Waals surface area contributed by atoms with Gasteiger partial charge in [-0.15, -0.1) is 12.3 Å². The highest BCUT2D eigenvalue weighted by Crippen LogP contribution is 2.09. The summed E-state index contributed by atoms with van der Waals surface area (Å²) < 4.78 is 0. The lowest BCUT2D eigenvalue weighted by atomic mass is 10.0. The summed E-state index contributed by atoms with van der Waals surface area (Å²) in [5, 5.41) is 2.79. The molecule has 1 N–H and O–H groups in total. The molecular formula is C14H17NO. The number of rotatable bonds is 5. The predicted molar refractivity (Wildman–Crippen MR) is 66.0 cm³/mol. The summed E-state index contributed by atoms with van der Waals surface area (Å²) in [6.45, 7) is 2.63. The van der Waals surface area contributed by atoms with Gasteiger partial charge in [0.2, 0.25) is 5.91 Å². The van der Waals surface area contributed by atoms with Crippen molar-refractivity contribution in [1.29, 1.82) is 0 Å². The Morgan fingerprint density at radius 2 is 2.19 bits per heavy atom. The molecule has 0 aliphatic rings. The van der Waals surface area contributed by atoms with Crippen molar-refractivity contribution in [2.45, 2.75) is 26.2 Å². The van der Waals surface area contributed by atoms with E-state index in [4.69, 9.17) is 6.42 Å². The van der Waals surface area contributed by atoms with Crippen molar-refractivity contribution < 1.29 is 4.79 Å². The van der Waals surface area contributed by atoms with Crippen LogP contribution in [0.4, 0.5) is 0 Å². The Balaban J connectivity index is 2.32. The minimum Gasteiger partial charge on any atom is -0.355 e. The molecule has 0 saturated carbocycles. The third-order valence-corrected chi connectivity index (χ3v) is 2.47. The number of nitrogens with one attached hydrogen (secondary N) is 1. The molecule has 0 aromatic heterocycles. The van der Waals surface area contributed by atoms with Crippen LogP contribution in [0, 0.1) is 19.3 Å². The molecule has 0 fully saturated rings. The number of carbonyl (C=O) groups excluding carboxylic acids is 1. The number of aryl methyl sites for hydroxylation is 2. The van der Waals surface area contributed by atoms with E-state index in [1.807, 2.05) is 12.1 Å². The normalized spacial score (nSPS) is 9.50. The molecule has 0 bridgehead atoms. The van der Waals surface area contributed by atoms with Crippen molar-refractivity contribution in [3.63, 3.8) is 0 Å². The van der Waals surface area contributed by atoms with Crippen molar-refractivity contribution >= 4 is 5.91 Å². The van der Waals surface area contributed by atoms with Crippen LogP contribution in [0.5, 0.6) is 0 Å². The van der Waals surface area contributed by atoms with Crippen molar-refractivity contribution in [2.75, 3.05) is 6.54 Å². The number of hydrogen-bond donors (Lipinski definition) is 1. The van der Waals surface area contributed by atoms with Gasteiger partial charge in [0, 0.05) is 19.4 Å². The first-order chi connectivity index (χ1) is 7.74. The maximum absolute atomic E-state index is 11.4. The zero-order chi connectivity index (χ0) is 11.8. The number of terminal acetylenes is 1. The molecule has 1 aromatic rings. The predicted octanol–water partition coefficient (Wildman–Crippen LogP) is 2.07. The second-order valence-corrected chi connectivity index (χ2v) is 3.73. The standard InChI is InChI=1S/C14H17NO/c1-3-4-11-15-14(16)10-9-13-8-6-5-7-12(13)2/h1,5-8H,4,9-11H2,2H3,(H,15,16). The summed E-state index contributed by atoms with van der Waals surface area (Å²) in [5.41, 5.74) is 2.47. The number of benzene rings is 1. The van der Waals surface area contributed by atoms with Crippen LogP contribution in [0.2, 0.25) is 0 Å². The minimum atomic E-state index is 0.0681. The molecule has 84 valence electrons. The highest BCUT2D eigenvalue weighted by molar-refractivity contribution is 5.76. The summed E-state index contributed by atoms with van der Waals surface area (Å²) in [7, 11) is 0. The zero-order valence-corrected chi connectivity index (χ0v) is 9.62. The van der Waals surface area contributed by atoms with Crippen LogP contribution in [-0.2, 0) is 11.2 Å². The average Bonchev–Trinajstić information content (AvgIpc) is 2.28. The molecule has 0 radical (unpaired) electrons. The van der Waals surface area contributed by atoms with Gasteiger partial charge in [-0.2, -0.15) is 0 Å². The van der Waals surface area contributed by atoms with Gasteiger partial charge in [-0.25, -0.2) is 0 Å². The molecule has 0 aliphatic carbocycles. The van der Waals surface area contributed by atoms with Gasteiger partial charge in [0.15, 0.2) is 0 Å². The SMILES string of the molecule is C#CCCNC(=O)CCc1ccccc1C. The van der Waals surface area contributed by atoms with Crippen LogP contribution in [0.1, 0.15) is 24.0 Å². The number of carbonyl (C=O) groups is 1. The van der Waals surface area contributed by atoms with Crippen molar-refractivity contribution in [1.82, 2.24) is 5.32 Å². The second kappa shape index (κ2) is 6.68. The fraction of sp³-hybridized carbons (Fsp3) is 0.357. The Labute approximate surface area is 97.1 Å². The third kappa shape index (κ3) is 4.18. The molecule has 2 nitrogen and oxygen atoms in total. The molecule has 1 amide bonds. The van der Waals surface area contributed by atoms with Gasteiger partial charge in [0.1, 0.15) is 0 Å². The van der Waals surface area contributed by atoms with Gasteiger partial charge in [-0.1, -0.05) is 24.3 Å². The Morgan fingerprint density at radius 3 is 2.88 bits per heavy atom. The van der Waals surface area contributed by atoms with Crippen LogP contribution in [0.3, 0.4) is 0 Å². The van der Waals surface area contributed by atoms with Crippen LogP contribution in [0.15, 0.2) is 24.3 Å². The van der Waals surface area contributed by atoms with Gasteiger partial charge in [-0.05, 0) is 24.5 Å². The summed E-state index contributed by atoms with van der Waals surface area (Å²) >= 11 is 0. The van der Waals surface area contributed by atoms with E-state index in [0.29, 0.717) is 19.4 Å². The van der Waals surface area contributed by atoms with E-state index < -0.39 is 0 Å². The first-order valence-electron chi connectivity index (χ1n) is 5.48. The van der Waals surface area contributed by atoms with E-state index in [1.54, 1.807) is 0 Å². The lowest BCUT2D eigenvalue weighted by molar-refractivity contribution is -0.121. The quantitative estimate of drug-likeness (QED) is 0.591. The third-order valence-electron chi connectivity index (χ3n) is 2.47. The average molecular weight is 215 g/mol. The molecule has 1 rings (SSSR count). The number of hydrogen-bond acceptors (Lipinski definition) is 1. The topological polar surface area (TPSA) is 29.1 Å². The number of amides is 1. The van der Waals surface area contributed by atoms with Crippen LogP contribution in [0.25, 0.3) is 0 Å². The zero-order valence-electron chi connectivity index (χ0n) is 9.62. The van der Waals surface area contributed by atoms with Gasteiger partial charge < -0.3 is 5.32 Å². The molecule has 0 saturated heterocycles. The van der Waals surface area contributed by atoms with Crippen molar-refractivity contribution in [3.8, 4) is 12.3 Å². The maximum Gasteiger partial charge on any atom is 0.220 e. The first kappa shape index (κ1) is 12.3. The van der Waals surface area contributed by atoms with E-state index in [1.165, 1.54) is 11.1 Å². The molecular weight excluding hydrogens is 198 g/mol. The first-order valence-corrected chi connectivity index (χ1v) is 5.48. The molecule has 0 atom stereocenters. The Bertz CT molecular complexity index is 390. The van der Waals surface area contributed by atoms with Gasteiger partial charge in [0.05, 0.1) is 0 Å². The van der Waals surface area contributed by atoms with Crippen LogP contribution < -0.4 is 5.32 Å². The fourth-order valence-electron chi connectivity index (χ4n) is 1.50.